The van der Waals surface area contributed by atoms with Crippen LogP contribution < -0.4 is 10.9 Å². The predicted octanol–water partition coefficient (Wildman–Crippen LogP) is 5.62. The van der Waals surface area contributed by atoms with Crippen molar-refractivity contribution in [2.75, 3.05) is 26.7 Å². The summed E-state index contributed by atoms with van der Waals surface area (Å²) in [6.07, 6.45) is 7.95. The molecule has 1 aliphatic carbocycles. The highest BCUT2D eigenvalue weighted by atomic mass is 19.2. The summed E-state index contributed by atoms with van der Waals surface area (Å²) in [7, 11) is 1.87. The molecule has 2 amide bonds. The minimum absolute atomic E-state index is 0.0668. The smallest absolute Gasteiger partial charge is 0.320 e. The molecule has 1 N–H and O–H groups in total. The zero-order valence-electron chi connectivity index (χ0n) is 24.1. The van der Waals surface area contributed by atoms with E-state index in [-0.39, 0.29) is 34.5 Å². The molecule has 3 heterocycles. The average Bonchev–Trinajstić information content (AvgIpc) is 3.49. The van der Waals surface area contributed by atoms with Crippen molar-refractivity contribution in [3.63, 3.8) is 0 Å². The fourth-order valence-electron chi connectivity index (χ4n) is 7.58. The lowest BCUT2D eigenvalue weighted by molar-refractivity contribution is 0.0205. The zero-order chi connectivity index (χ0) is 29.3. The number of hydrogen-bond donors (Lipinski definition) is 1. The fraction of sp³-hybridized carbons (Fsp3) is 0.485. The molecule has 42 heavy (non-hydrogen) atoms. The number of hydrogen-bond acceptors (Lipinski definition) is 4. The number of nitrogens with one attached hydrogen (secondary N) is 1. The first-order valence-electron chi connectivity index (χ1n) is 15.2. The van der Waals surface area contributed by atoms with Gasteiger partial charge < -0.3 is 15.1 Å². The molecular weight excluding hydrogens is 536 g/mol. The molecule has 9 heteroatoms. The van der Waals surface area contributed by atoms with Gasteiger partial charge in [-0.15, -0.1) is 0 Å². The molecule has 6 rings (SSSR count). The third kappa shape index (κ3) is 5.46. The molecule has 2 aromatic carbocycles. The summed E-state index contributed by atoms with van der Waals surface area (Å²) in [5.74, 6) is -1.52. The minimum Gasteiger partial charge on any atom is -0.324 e. The van der Waals surface area contributed by atoms with E-state index >= 15 is 0 Å². The molecule has 1 spiro atoms. The van der Waals surface area contributed by atoms with Gasteiger partial charge in [0.1, 0.15) is 0 Å². The second-order valence-corrected chi connectivity index (χ2v) is 12.3. The molecule has 2 saturated heterocycles. The number of carbonyl (C=O) groups excluding carboxylic acids is 1. The number of nitrogens with zero attached hydrogens (tertiary/aromatic N) is 4. The highest BCUT2D eigenvalue weighted by molar-refractivity contribution is 5.75. The third-order valence-electron chi connectivity index (χ3n) is 9.95. The zero-order valence-corrected chi connectivity index (χ0v) is 24.1. The number of amides is 2. The second kappa shape index (κ2) is 12.0. The van der Waals surface area contributed by atoms with Crippen LogP contribution in [-0.4, -0.2) is 58.1 Å². The van der Waals surface area contributed by atoms with Crippen LogP contribution in [0.2, 0.25) is 0 Å². The van der Waals surface area contributed by atoms with Crippen LogP contribution >= 0.6 is 0 Å². The van der Waals surface area contributed by atoms with Crippen molar-refractivity contribution < 1.29 is 13.6 Å². The Kier molecular flexibility index (Phi) is 8.12. The number of piperidine rings is 2. The van der Waals surface area contributed by atoms with Crippen LogP contribution in [0.5, 0.6) is 0 Å². The summed E-state index contributed by atoms with van der Waals surface area (Å²) < 4.78 is 30.9. The quantitative estimate of drug-likeness (QED) is 0.429. The third-order valence-corrected chi connectivity index (χ3v) is 9.95. The molecule has 3 atom stereocenters. The van der Waals surface area contributed by atoms with Gasteiger partial charge in [-0.25, -0.2) is 18.6 Å². The van der Waals surface area contributed by atoms with Gasteiger partial charge in [-0.05, 0) is 56.6 Å². The van der Waals surface area contributed by atoms with Gasteiger partial charge in [-0.2, -0.15) is 0 Å². The molecule has 0 bridgehead atoms. The summed E-state index contributed by atoms with van der Waals surface area (Å²) in [5, 5.41) is 3.26. The predicted molar refractivity (Wildman–Crippen MR) is 158 cm³/mol. The van der Waals surface area contributed by atoms with Gasteiger partial charge in [0.25, 0.3) is 5.56 Å². The average molecular weight is 576 g/mol. The summed E-state index contributed by atoms with van der Waals surface area (Å²) in [6, 6.07) is 15.0. The second-order valence-electron chi connectivity index (χ2n) is 12.3. The molecule has 0 radical (unpaired) electrons. The van der Waals surface area contributed by atoms with E-state index in [0.717, 1.165) is 50.2 Å². The van der Waals surface area contributed by atoms with Crippen LogP contribution in [0.3, 0.4) is 0 Å². The standard InChI is InChI=1S/C33H39F2N5O2/c1-36-25-13-17-40(29(18-25)26-10-7-11-27(34)31(26)35)32(42)38-16-12-24(33(21-38)14-5-6-15-33)20-39-22-37-28(19-30(39)41)23-8-3-2-4-9-23/h2-4,7-11,19,22,24-25,29,36H,5-6,12-18,20-21H2,1H3/t24-,25+,29-/m0/s1. The number of urea groups is 1. The number of likely N-dealkylation sites (tertiary alicyclic amines) is 2. The van der Waals surface area contributed by atoms with Gasteiger partial charge >= 0.3 is 6.03 Å². The number of aromatic nitrogens is 2. The van der Waals surface area contributed by atoms with E-state index in [1.54, 1.807) is 27.9 Å². The van der Waals surface area contributed by atoms with Crippen molar-refractivity contribution in [2.45, 2.75) is 63.6 Å². The van der Waals surface area contributed by atoms with Crippen LogP contribution in [0.1, 0.15) is 56.6 Å². The molecule has 1 aromatic heterocycles. The van der Waals surface area contributed by atoms with Crippen molar-refractivity contribution >= 4 is 6.03 Å². The van der Waals surface area contributed by atoms with Gasteiger partial charge in [0.2, 0.25) is 0 Å². The monoisotopic (exact) mass is 575 g/mol. The van der Waals surface area contributed by atoms with Gasteiger partial charge in [-0.1, -0.05) is 55.3 Å². The number of rotatable bonds is 5. The highest BCUT2D eigenvalue weighted by Crippen LogP contribution is 2.49. The SMILES string of the molecule is CN[C@@H]1CCN(C(=O)N2CC[C@@H](Cn3cnc(-c4ccccc4)cc3=O)C3(CCCC3)C2)[C@H](c2cccc(F)c2F)C1. The molecule has 3 aromatic rings. The van der Waals surface area contributed by atoms with E-state index < -0.39 is 17.7 Å². The van der Waals surface area contributed by atoms with Crippen molar-refractivity contribution in [3.05, 3.63) is 88.5 Å². The summed E-state index contributed by atoms with van der Waals surface area (Å²) in [5.41, 5.74) is 1.67. The lowest BCUT2D eigenvalue weighted by atomic mass is 9.69. The van der Waals surface area contributed by atoms with E-state index in [4.69, 9.17) is 0 Å². The first-order chi connectivity index (χ1) is 20.4. The van der Waals surface area contributed by atoms with Crippen LogP contribution in [0, 0.1) is 23.0 Å². The van der Waals surface area contributed by atoms with Crippen molar-refractivity contribution in [1.82, 2.24) is 24.7 Å². The van der Waals surface area contributed by atoms with Crippen molar-refractivity contribution in [1.29, 1.82) is 0 Å². The number of benzene rings is 2. The number of carbonyl (C=O) groups is 1. The lowest BCUT2D eigenvalue weighted by Crippen LogP contribution is -2.57. The Labute approximate surface area is 245 Å². The maximum atomic E-state index is 15.0. The van der Waals surface area contributed by atoms with E-state index in [1.165, 1.54) is 6.07 Å². The van der Waals surface area contributed by atoms with Crippen molar-refractivity contribution in [2.24, 2.45) is 11.3 Å². The molecule has 3 aliphatic rings. The first kappa shape index (κ1) is 28.5. The summed E-state index contributed by atoms with van der Waals surface area (Å²) >= 11 is 0. The van der Waals surface area contributed by atoms with Crippen LogP contribution in [0.25, 0.3) is 11.3 Å². The fourth-order valence-corrected chi connectivity index (χ4v) is 7.58. The van der Waals surface area contributed by atoms with E-state index in [2.05, 4.69) is 10.3 Å². The van der Waals surface area contributed by atoms with Crippen LogP contribution in [-0.2, 0) is 6.54 Å². The maximum Gasteiger partial charge on any atom is 0.320 e. The minimum atomic E-state index is -0.890. The molecule has 1 saturated carbocycles. The highest BCUT2D eigenvalue weighted by Gasteiger charge is 2.48. The molecule has 0 unspecified atom stereocenters. The van der Waals surface area contributed by atoms with E-state index in [0.29, 0.717) is 38.3 Å². The molecular formula is C33H39F2N5O2. The maximum absolute atomic E-state index is 15.0. The van der Waals surface area contributed by atoms with Gasteiger partial charge in [0.15, 0.2) is 11.6 Å². The van der Waals surface area contributed by atoms with E-state index in [9.17, 15) is 18.4 Å². The lowest BCUT2D eigenvalue weighted by Gasteiger charge is -2.49. The Morgan fingerprint density at radius 1 is 1.05 bits per heavy atom. The van der Waals surface area contributed by atoms with Gasteiger partial charge in [0.05, 0.1) is 18.1 Å². The van der Waals surface area contributed by atoms with Gasteiger partial charge in [0, 0.05) is 49.4 Å². The number of halogens is 2. The van der Waals surface area contributed by atoms with Crippen LogP contribution in [0.15, 0.2) is 65.7 Å². The Morgan fingerprint density at radius 3 is 2.57 bits per heavy atom. The molecule has 7 nitrogen and oxygen atoms in total. The van der Waals surface area contributed by atoms with Gasteiger partial charge in [-0.3, -0.25) is 9.36 Å². The Balaban J connectivity index is 1.21. The summed E-state index contributed by atoms with van der Waals surface area (Å²) in [6.45, 7) is 2.24. The normalized spacial score (nSPS) is 23.8. The Hall–Kier alpha value is -3.59. The topological polar surface area (TPSA) is 70.5 Å². The molecule has 222 valence electrons. The molecule has 2 aliphatic heterocycles. The van der Waals surface area contributed by atoms with E-state index in [1.807, 2.05) is 42.3 Å². The molecule has 3 fully saturated rings. The van der Waals surface area contributed by atoms with Crippen molar-refractivity contribution in [3.8, 4) is 11.3 Å². The largest absolute Gasteiger partial charge is 0.324 e. The Bertz CT molecular complexity index is 1470. The first-order valence-corrected chi connectivity index (χ1v) is 15.2. The van der Waals surface area contributed by atoms with Crippen LogP contribution in [0.4, 0.5) is 13.6 Å². The summed E-state index contributed by atoms with van der Waals surface area (Å²) in [4.78, 5) is 35.5. The Morgan fingerprint density at radius 2 is 1.83 bits per heavy atom.